The van der Waals surface area contributed by atoms with E-state index in [1.54, 1.807) is 0 Å². The molecule has 1 atom stereocenters. The monoisotopic (exact) mass is 205 g/mol. The van der Waals surface area contributed by atoms with Crippen molar-refractivity contribution >= 4 is 17.7 Å². The summed E-state index contributed by atoms with van der Waals surface area (Å²) in [5.41, 5.74) is 5.59. The Hall–Kier alpha value is -0.220. The predicted molar refractivity (Wildman–Crippen MR) is 56.8 cm³/mol. The first-order valence-electron chi connectivity index (χ1n) is 4.57. The number of thioether (sulfide) groups is 1. The summed E-state index contributed by atoms with van der Waals surface area (Å²) in [6.07, 6.45) is 2.47. The highest BCUT2D eigenvalue weighted by Gasteiger charge is 1.99. The summed E-state index contributed by atoms with van der Waals surface area (Å²) in [7, 11) is 1.42. The number of esters is 1. The number of hydrogen-bond acceptors (Lipinski definition) is 4. The molecule has 0 heterocycles. The maximum absolute atomic E-state index is 10.7. The molecule has 0 fully saturated rings. The highest BCUT2D eigenvalue weighted by Crippen LogP contribution is 2.07. The largest absolute Gasteiger partial charge is 0.469 e. The number of hydrogen-bond donors (Lipinski definition) is 1. The minimum absolute atomic E-state index is 0.118. The second-order valence-electron chi connectivity index (χ2n) is 3.06. The first-order chi connectivity index (χ1) is 6.16. The molecule has 3 nitrogen and oxygen atoms in total. The van der Waals surface area contributed by atoms with Gasteiger partial charge in [-0.15, -0.1) is 0 Å². The van der Waals surface area contributed by atoms with Crippen LogP contribution in [0.5, 0.6) is 0 Å². The van der Waals surface area contributed by atoms with Gasteiger partial charge in [-0.05, 0) is 31.3 Å². The summed E-state index contributed by atoms with van der Waals surface area (Å²) in [6, 6.07) is 0.285. The van der Waals surface area contributed by atoms with Crippen LogP contribution in [-0.2, 0) is 9.53 Å². The molecule has 0 aromatic rings. The molecule has 0 saturated heterocycles. The first-order valence-corrected chi connectivity index (χ1v) is 5.72. The number of ether oxygens (including phenoxy) is 1. The Morgan fingerprint density at radius 3 is 2.77 bits per heavy atom. The molecule has 0 aliphatic heterocycles. The van der Waals surface area contributed by atoms with Crippen LogP contribution in [0.2, 0.25) is 0 Å². The van der Waals surface area contributed by atoms with Gasteiger partial charge in [0.05, 0.1) is 7.11 Å². The van der Waals surface area contributed by atoms with E-state index in [1.807, 2.05) is 18.7 Å². The zero-order chi connectivity index (χ0) is 10.1. The van der Waals surface area contributed by atoms with Gasteiger partial charge in [0, 0.05) is 12.5 Å². The summed E-state index contributed by atoms with van der Waals surface area (Å²) < 4.78 is 4.53. The average molecular weight is 205 g/mol. The average Bonchev–Trinajstić information content (AvgIpc) is 2.10. The summed E-state index contributed by atoms with van der Waals surface area (Å²) >= 11 is 1.85. The van der Waals surface area contributed by atoms with Crippen LogP contribution in [0.1, 0.15) is 26.2 Å². The second kappa shape index (κ2) is 8.38. The molecule has 0 rings (SSSR count). The van der Waals surface area contributed by atoms with Gasteiger partial charge < -0.3 is 10.5 Å². The highest BCUT2D eigenvalue weighted by atomic mass is 32.2. The van der Waals surface area contributed by atoms with Crippen molar-refractivity contribution in [1.82, 2.24) is 0 Å². The van der Waals surface area contributed by atoms with E-state index in [0.717, 1.165) is 24.3 Å². The molecule has 0 bridgehead atoms. The fourth-order valence-electron chi connectivity index (χ4n) is 0.792. The van der Waals surface area contributed by atoms with E-state index in [-0.39, 0.29) is 12.0 Å². The molecule has 0 aromatic heterocycles. The fraction of sp³-hybridized carbons (Fsp3) is 0.889. The molecular formula is C9H19NO2S. The Labute approximate surface area is 84.4 Å². The van der Waals surface area contributed by atoms with Crippen LogP contribution in [0.3, 0.4) is 0 Å². The quantitative estimate of drug-likeness (QED) is 0.504. The molecule has 0 aromatic carbocycles. The number of rotatable bonds is 7. The zero-order valence-electron chi connectivity index (χ0n) is 8.41. The molecule has 0 aliphatic carbocycles. The lowest BCUT2D eigenvalue weighted by Crippen LogP contribution is -2.15. The third-order valence-electron chi connectivity index (χ3n) is 1.61. The molecule has 13 heavy (non-hydrogen) atoms. The van der Waals surface area contributed by atoms with Crippen molar-refractivity contribution in [3.8, 4) is 0 Å². The summed E-state index contributed by atoms with van der Waals surface area (Å²) in [4.78, 5) is 10.7. The van der Waals surface area contributed by atoms with E-state index < -0.39 is 0 Å². The van der Waals surface area contributed by atoms with Crippen LogP contribution in [0.25, 0.3) is 0 Å². The molecule has 2 N–H and O–H groups in total. The molecule has 0 saturated carbocycles. The Kier molecular flexibility index (Phi) is 8.24. The minimum Gasteiger partial charge on any atom is -0.469 e. The van der Waals surface area contributed by atoms with Crippen molar-refractivity contribution in [2.24, 2.45) is 5.73 Å². The Bertz CT molecular complexity index is 140. The van der Waals surface area contributed by atoms with Crippen LogP contribution >= 0.6 is 11.8 Å². The minimum atomic E-state index is -0.118. The van der Waals surface area contributed by atoms with Gasteiger partial charge in [-0.2, -0.15) is 11.8 Å². The van der Waals surface area contributed by atoms with Gasteiger partial charge in [0.1, 0.15) is 0 Å². The predicted octanol–water partition coefficient (Wildman–Crippen LogP) is 1.41. The molecule has 1 unspecified atom stereocenters. The molecule has 0 amide bonds. The number of methoxy groups -OCH3 is 1. The van der Waals surface area contributed by atoms with Crippen LogP contribution in [0.4, 0.5) is 0 Å². The standard InChI is InChI=1S/C9H19NO2S/c1-8(10)5-7-13-6-3-4-9(11)12-2/h8H,3-7,10H2,1-2H3. The number of carbonyl (C=O) groups excluding carboxylic acids is 1. The zero-order valence-corrected chi connectivity index (χ0v) is 9.23. The lowest BCUT2D eigenvalue weighted by atomic mass is 10.3. The highest BCUT2D eigenvalue weighted by molar-refractivity contribution is 7.99. The van der Waals surface area contributed by atoms with E-state index in [4.69, 9.17) is 5.73 Å². The van der Waals surface area contributed by atoms with Crippen LogP contribution in [0, 0.1) is 0 Å². The smallest absolute Gasteiger partial charge is 0.305 e. The van der Waals surface area contributed by atoms with E-state index in [0.29, 0.717) is 6.42 Å². The molecule has 4 heteroatoms. The van der Waals surface area contributed by atoms with Crippen molar-refractivity contribution < 1.29 is 9.53 Å². The second-order valence-corrected chi connectivity index (χ2v) is 4.28. The maximum atomic E-state index is 10.7. The van der Waals surface area contributed by atoms with E-state index in [2.05, 4.69) is 4.74 Å². The van der Waals surface area contributed by atoms with E-state index in [1.165, 1.54) is 7.11 Å². The Morgan fingerprint density at radius 2 is 2.23 bits per heavy atom. The van der Waals surface area contributed by atoms with Gasteiger partial charge in [-0.25, -0.2) is 0 Å². The topological polar surface area (TPSA) is 52.3 Å². The van der Waals surface area contributed by atoms with Gasteiger partial charge in [-0.1, -0.05) is 0 Å². The van der Waals surface area contributed by atoms with Crippen LogP contribution in [-0.4, -0.2) is 30.6 Å². The Balaban J connectivity index is 3.04. The van der Waals surface area contributed by atoms with Crippen molar-refractivity contribution in [1.29, 1.82) is 0 Å². The molecule has 0 spiro atoms. The molecule has 0 aliphatic rings. The molecular weight excluding hydrogens is 186 g/mol. The van der Waals surface area contributed by atoms with Gasteiger partial charge in [-0.3, -0.25) is 4.79 Å². The maximum Gasteiger partial charge on any atom is 0.305 e. The van der Waals surface area contributed by atoms with Crippen molar-refractivity contribution in [2.45, 2.75) is 32.2 Å². The Morgan fingerprint density at radius 1 is 1.54 bits per heavy atom. The van der Waals surface area contributed by atoms with Gasteiger partial charge in [0.2, 0.25) is 0 Å². The first kappa shape index (κ1) is 12.8. The lowest BCUT2D eigenvalue weighted by Gasteiger charge is -2.03. The van der Waals surface area contributed by atoms with E-state index in [9.17, 15) is 4.79 Å². The van der Waals surface area contributed by atoms with Crippen molar-refractivity contribution in [3.63, 3.8) is 0 Å². The third-order valence-corrected chi connectivity index (χ3v) is 2.72. The van der Waals surface area contributed by atoms with Crippen molar-refractivity contribution in [3.05, 3.63) is 0 Å². The lowest BCUT2D eigenvalue weighted by molar-refractivity contribution is -0.140. The van der Waals surface area contributed by atoms with Gasteiger partial charge >= 0.3 is 5.97 Å². The molecule has 0 radical (unpaired) electrons. The summed E-state index contributed by atoms with van der Waals surface area (Å²) in [6.45, 7) is 2.01. The van der Waals surface area contributed by atoms with Crippen LogP contribution in [0.15, 0.2) is 0 Å². The normalized spacial score (nSPS) is 12.5. The van der Waals surface area contributed by atoms with Gasteiger partial charge in [0.25, 0.3) is 0 Å². The fourth-order valence-corrected chi connectivity index (χ4v) is 1.88. The third kappa shape index (κ3) is 9.70. The molecule has 78 valence electrons. The summed E-state index contributed by atoms with van der Waals surface area (Å²) in [5, 5.41) is 0. The summed E-state index contributed by atoms with van der Waals surface area (Å²) in [5.74, 6) is 1.98. The van der Waals surface area contributed by atoms with Crippen molar-refractivity contribution in [2.75, 3.05) is 18.6 Å². The SMILES string of the molecule is COC(=O)CCCSCCC(C)N. The van der Waals surface area contributed by atoms with Gasteiger partial charge in [0.15, 0.2) is 0 Å². The number of nitrogens with two attached hydrogens (primary N) is 1. The number of carbonyl (C=O) groups is 1. The van der Waals surface area contributed by atoms with Crippen LogP contribution < -0.4 is 5.73 Å². The van der Waals surface area contributed by atoms with E-state index >= 15 is 0 Å².